The minimum absolute atomic E-state index is 0.0512. The van der Waals surface area contributed by atoms with E-state index in [2.05, 4.69) is 0 Å². The van der Waals surface area contributed by atoms with Crippen LogP contribution in [-0.4, -0.2) is 49.3 Å². The Labute approximate surface area is 204 Å². The fourth-order valence-electron chi connectivity index (χ4n) is 6.48. The van der Waals surface area contributed by atoms with Crippen LogP contribution < -0.4 is 4.74 Å². The lowest BCUT2D eigenvalue weighted by atomic mass is 9.49. The standard InChI is InChI=1S/C28H32O7/c1-14(2)7-8-16-18(29)11-19(30)21-22(31)17-12-26(33)13-20-25(5,6)35-27(24(26)32,10-9-15(3)4)28(17,20)34-23(16)21/h7,9,11-12,20,29-30,33H,8,10,13H2,1-6H3. The summed E-state index contributed by atoms with van der Waals surface area (Å²) in [5.41, 5.74) is -3.55. The van der Waals surface area contributed by atoms with Crippen LogP contribution in [-0.2, 0) is 16.0 Å². The van der Waals surface area contributed by atoms with E-state index in [0.29, 0.717) is 5.56 Å². The molecule has 4 unspecified atom stereocenters. The average Bonchev–Trinajstić information content (AvgIpc) is 2.90. The van der Waals surface area contributed by atoms with E-state index < -0.39 is 45.6 Å². The highest BCUT2D eigenvalue weighted by molar-refractivity contribution is 6.19. The number of aliphatic hydroxyl groups is 1. The lowest BCUT2D eigenvalue weighted by Gasteiger charge is -2.58. The van der Waals surface area contributed by atoms with E-state index in [9.17, 15) is 24.9 Å². The van der Waals surface area contributed by atoms with Crippen LogP contribution in [0.3, 0.4) is 0 Å². The van der Waals surface area contributed by atoms with Gasteiger partial charge in [-0.2, -0.15) is 0 Å². The molecule has 7 nitrogen and oxygen atoms in total. The van der Waals surface area contributed by atoms with Gasteiger partial charge < -0.3 is 24.8 Å². The summed E-state index contributed by atoms with van der Waals surface area (Å²) in [5, 5.41) is 33.0. The van der Waals surface area contributed by atoms with Crippen molar-refractivity contribution >= 4 is 11.6 Å². The maximum atomic E-state index is 14.0. The number of benzene rings is 1. The molecule has 0 aromatic heterocycles. The zero-order chi connectivity index (χ0) is 25.7. The van der Waals surface area contributed by atoms with Crippen molar-refractivity contribution in [2.75, 3.05) is 0 Å². The van der Waals surface area contributed by atoms with Gasteiger partial charge in [-0.1, -0.05) is 23.3 Å². The Morgan fingerprint density at radius 2 is 1.74 bits per heavy atom. The van der Waals surface area contributed by atoms with Crippen molar-refractivity contribution in [3.05, 3.63) is 52.1 Å². The number of allylic oxidation sites excluding steroid dienone is 3. The number of ether oxygens (including phenoxy) is 2. The normalized spacial score (nSPS) is 33.5. The Hall–Kier alpha value is -2.90. The molecule has 1 aromatic rings. The fourth-order valence-corrected chi connectivity index (χ4v) is 6.48. The molecule has 0 amide bonds. The van der Waals surface area contributed by atoms with Gasteiger partial charge >= 0.3 is 0 Å². The van der Waals surface area contributed by atoms with E-state index >= 15 is 0 Å². The Morgan fingerprint density at radius 3 is 2.37 bits per heavy atom. The molecule has 1 saturated heterocycles. The highest BCUT2D eigenvalue weighted by Gasteiger charge is 2.84. The van der Waals surface area contributed by atoms with E-state index in [1.807, 2.05) is 53.7 Å². The topological polar surface area (TPSA) is 113 Å². The van der Waals surface area contributed by atoms with Gasteiger partial charge in [0.15, 0.2) is 17.0 Å². The molecule has 2 heterocycles. The van der Waals surface area contributed by atoms with Gasteiger partial charge in [0, 0.05) is 29.5 Å². The van der Waals surface area contributed by atoms with Gasteiger partial charge in [-0.15, -0.1) is 0 Å². The molecule has 35 heavy (non-hydrogen) atoms. The van der Waals surface area contributed by atoms with Crippen molar-refractivity contribution in [3.63, 3.8) is 0 Å². The molecule has 186 valence electrons. The number of hydrogen-bond donors (Lipinski definition) is 3. The first-order valence-corrected chi connectivity index (χ1v) is 12.0. The van der Waals surface area contributed by atoms with Gasteiger partial charge in [0.1, 0.15) is 28.4 Å². The number of Topliss-reactive ketones (excluding diaryl/α,β-unsaturated/α-hetero) is 2. The third kappa shape index (κ3) is 2.85. The Kier molecular flexibility index (Phi) is 4.82. The van der Waals surface area contributed by atoms with Crippen molar-refractivity contribution in [2.45, 2.75) is 83.2 Å². The molecule has 3 N–H and O–H groups in total. The van der Waals surface area contributed by atoms with Gasteiger partial charge in [-0.05, 0) is 60.5 Å². The highest BCUT2D eigenvalue weighted by Crippen LogP contribution is 2.69. The minimum atomic E-state index is -1.88. The van der Waals surface area contributed by atoms with Crippen LogP contribution in [0.1, 0.15) is 70.3 Å². The van der Waals surface area contributed by atoms with Crippen LogP contribution in [0.4, 0.5) is 0 Å². The van der Waals surface area contributed by atoms with Crippen LogP contribution in [0.2, 0.25) is 0 Å². The van der Waals surface area contributed by atoms with Crippen LogP contribution in [0.15, 0.2) is 41.0 Å². The molecular weight excluding hydrogens is 448 g/mol. The van der Waals surface area contributed by atoms with Crippen molar-refractivity contribution in [1.82, 2.24) is 0 Å². The van der Waals surface area contributed by atoms with Gasteiger partial charge in [-0.25, -0.2) is 0 Å². The summed E-state index contributed by atoms with van der Waals surface area (Å²) >= 11 is 0. The molecule has 6 rings (SSSR count). The lowest BCUT2D eigenvalue weighted by Crippen LogP contribution is -2.76. The molecule has 0 radical (unpaired) electrons. The van der Waals surface area contributed by atoms with E-state index in [1.54, 1.807) is 0 Å². The summed E-state index contributed by atoms with van der Waals surface area (Å²) < 4.78 is 13.3. The number of phenols is 2. The molecule has 4 bridgehead atoms. The molecule has 7 heteroatoms. The second kappa shape index (κ2) is 7.08. The average molecular weight is 481 g/mol. The number of aromatic hydroxyl groups is 2. The number of rotatable bonds is 4. The summed E-state index contributed by atoms with van der Waals surface area (Å²) in [6.07, 6.45) is 5.50. The third-order valence-electron chi connectivity index (χ3n) is 8.01. The van der Waals surface area contributed by atoms with Crippen molar-refractivity contribution < 1.29 is 34.4 Å². The minimum Gasteiger partial charge on any atom is -0.507 e. The predicted molar refractivity (Wildman–Crippen MR) is 129 cm³/mol. The number of fused-ring (bicyclic) bond motifs is 1. The maximum Gasteiger partial charge on any atom is 0.204 e. The molecule has 2 aliphatic heterocycles. The first-order chi connectivity index (χ1) is 16.2. The fraction of sp³-hybridized carbons (Fsp3) is 0.500. The van der Waals surface area contributed by atoms with Crippen LogP contribution in [0, 0.1) is 5.92 Å². The number of phenolic OH excluding ortho intramolecular Hbond substituents is 2. The predicted octanol–water partition coefficient (Wildman–Crippen LogP) is 4.08. The van der Waals surface area contributed by atoms with Gasteiger partial charge in [0.05, 0.1) is 5.60 Å². The number of carbonyl (C=O) groups is 2. The number of hydrogen-bond acceptors (Lipinski definition) is 7. The summed E-state index contributed by atoms with van der Waals surface area (Å²) in [5.74, 6) is -2.13. The van der Waals surface area contributed by atoms with E-state index in [4.69, 9.17) is 9.47 Å². The van der Waals surface area contributed by atoms with Gasteiger partial charge in [0.2, 0.25) is 5.78 Å². The monoisotopic (exact) mass is 480 g/mol. The SMILES string of the molecule is CC(C)=CCc1c(O)cc(O)c2c1OC13C(=CC4(O)CC1C(C)(C)OC3(CC=C(C)C)C4=O)C2=O. The Balaban J connectivity index is 1.85. The molecule has 1 saturated carbocycles. The van der Waals surface area contributed by atoms with Gasteiger partial charge in [-0.3, -0.25) is 9.59 Å². The van der Waals surface area contributed by atoms with Crippen LogP contribution in [0.5, 0.6) is 17.2 Å². The van der Waals surface area contributed by atoms with Crippen molar-refractivity contribution in [3.8, 4) is 17.2 Å². The quantitative estimate of drug-likeness (QED) is 0.557. The second-order valence-electron chi connectivity index (χ2n) is 11.3. The molecular formula is C28H32O7. The highest BCUT2D eigenvalue weighted by atomic mass is 16.6. The molecule has 4 atom stereocenters. The van der Waals surface area contributed by atoms with Gasteiger partial charge in [0.25, 0.3) is 0 Å². The van der Waals surface area contributed by atoms with E-state index in [1.165, 1.54) is 6.08 Å². The largest absolute Gasteiger partial charge is 0.507 e. The zero-order valence-electron chi connectivity index (χ0n) is 21.0. The summed E-state index contributed by atoms with van der Waals surface area (Å²) in [4.78, 5) is 28.0. The van der Waals surface area contributed by atoms with E-state index in [0.717, 1.165) is 17.2 Å². The summed E-state index contributed by atoms with van der Waals surface area (Å²) in [7, 11) is 0. The van der Waals surface area contributed by atoms with Crippen LogP contribution >= 0.6 is 0 Å². The smallest absolute Gasteiger partial charge is 0.204 e. The lowest BCUT2D eigenvalue weighted by molar-refractivity contribution is -0.186. The van der Waals surface area contributed by atoms with Crippen molar-refractivity contribution in [2.24, 2.45) is 5.92 Å². The first kappa shape index (κ1) is 23.8. The number of carbonyl (C=O) groups excluding carboxylic acids is 2. The zero-order valence-corrected chi connectivity index (χ0v) is 21.0. The first-order valence-electron chi connectivity index (χ1n) is 12.0. The number of ketones is 2. The summed E-state index contributed by atoms with van der Waals surface area (Å²) in [6, 6.07) is 1.14. The molecule has 2 fully saturated rings. The molecule has 1 spiro atoms. The van der Waals surface area contributed by atoms with Crippen molar-refractivity contribution in [1.29, 1.82) is 0 Å². The Morgan fingerprint density at radius 1 is 1.09 bits per heavy atom. The van der Waals surface area contributed by atoms with Crippen LogP contribution in [0.25, 0.3) is 0 Å². The van der Waals surface area contributed by atoms with E-state index in [-0.39, 0.29) is 41.9 Å². The Bertz CT molecular complexity index is 1270. The molecule has 3 aliphatic carbocycles. The maximum absolute atomic E-state index is 14.0. The molecule has 5 aliphatic rings. The summed E-state index contributed by atoms with van der Waals surface area (Å²) in [6.45, 7) is 11.3. The second-order valence-corrected chi connectivity index (χ2v) is 11.3. The third-order valence-corrected chi connectivity index (χ3v) is 8.01. The molecule has 1 aromatic carbocycles.